The molecule has 7 nitrogen and oxygen atoms in total. The van der Waals surface area contributed by atoms with Crippen molar-refractivity contribution in [2.45, 2.75) is 19.4 Å². The van der Waals surface area contributed by atoms with Crippen LogP contribution in [0.4, 0.5) is 16.2 Å². The van der Waals surface area contributed by atoms with E-state index in [1.807, 2.05) is 42.5 Å². The zero-order valence-corrected chi connectivity index (χ0v) is 14.9. The molecule has 0 aliphatic carbocycles. The molecule has 0 saturated carbocycles. The Kier molecular flexibility index (Phi) is 6.04. The molecule has 1 aliphatic rings. The first-order valence-corrected chi connectivity index (χ1v) is 8.88. The smallest absolute Gasteiger partial charge is 0.319 e. The van der Waals surface area contributed by atoms with Crippen LogP contribution in [0.25, 0.3) is 0 Å². The Balaban J connectivity index is 1.40. The number of nitrogens with zero attached hydrogens (tertiary/aromatic N) is 1. The van der Waals surface area contributed by atoms with Gasteiger partial charge in [-0.1, -0.05) is 30.3 Å². The van der Waals surface area contributed by atoms with Gasteiger partial charge in [0.15, 0.2) is 0 Å². The minimum absolute atomic E-state index is 0.112. The summed E-state index contributed by atoms with van der Waals surface area (Å²) in [5.41, 5.74) is 2.46. The maximum atomic E-state index is 11.9. The van der Waals surface area contributed by atoms with Gasteiger partial charge in [-0.3, -0.25) is 9.59 Å². The van der Waals surface area contributed by atoms with Crippen molar-refractivity contribution in [3.63, 3.8) is 0 Å². The molecule has 2 aromatic carbocycles. The summed E-state index contributed by atoms with van der Waals surface area (Å²) in [5.74, 6) is -0.132. The van der Waals surface area contributed by atoms with Gasteiger partial charge in [-0.05, 0) is 36.2 Å². The van der Waals surface area contributed by atoms with Crippen LogP contribution in [0.1, 0.15) is 18.4 Å². The lowest BCUT2D eigenvalue weighted by Crippen LogP contribution is -2.38. The van der Waals surface area contributed by atoms with Gasteiger partial charge in [0.2, 0.25) is 11.8 Å². The molecular formula is C20H22N4O3. The van der Waals surface area contributed by atoms with Crippen LogP contribution in [0.5, 0.6) is 0 Å². The third kappa shape index (κ3) is 5.31. The number of anilines is 2. The second-order valence-corrected chi connectivity index (χ2v) is 6.27. The van der Waals surface area contributed by atoms with Crippen LogP contribution in [0, 0.1) is 0 Å². The lowest BCUT2D eigenvalue weighted by molar-refractivity contribution is -0.120. The van der Waals surface area contributed by atoms with Crippen molar-refractivity contribution in [1.82, 2.24) is 10.6 Å². The van der Waals surface area contributed by atoms with Crippen LogP contribution in [0.3, 0.4) is 0 Å². The van der Waals surface area contributed by atoms with E-state index in [4.69, 9.17) is 0 Å². The van der Waals surface area contributed by atoms with Crippen LogP contribution in [-0.4, -0.2) is 30.9 Å². The topological polar surface area (TPSA) is 90.5 Å². The molecule has 4 amide bonds. The molecule has 3 rings (SSSR count). The Morgan fingerprint density at radius 2 is 1.70 bits per heavy atom. The average molecular weight is 366 g/mol. The maximum absolute atomic E-state index is 11.9. The van der Waals surface area contributed by atoms with E-state index in [2.05, 4.69) is 16.0 Å². The molecule has 0 aromatic heterocycles. The lowest BCUT2D eigenvalue weighted by atomic mass is 10.2. The minimum atomic E-state index is -0.434. The van der Waals surface area contributed by atoms with Crippen LogP contribution in [-0.2, 0) is 16.1 Å². The van der Waals surface area contributed by atoms with Gasteiger partial charge in [-0.2, -0.15) is 0 Å². The van der Waals surface area contributed by atoms with Crippen molar-refractivity contribution in [2.75, 3.05) is 23.3 Å². The fourth-order valence-electron chi connectivity index (χ4n) is 2.84. The molecule has 2 aromatic rings. The standard InChI is InChI=1S/C20H22N4O3/c25-18(14-22-20(27)23-16-5-2-1-3-6-16)21-13-15-8-10-17(11-9-15)24-12-4-7-19(24)26/h1-3,5-6,8-11H,4,7,12-14H2,(H,21,25)(H2,22,23,27). The SMILES string of the molecule is O=C(CNC(=O)Nc1ccccc1)NCc1ccc(N2CCCC2=O)cc1. The Morgan fingerprint density at radius 3 is 2.37 bits per heavy atom. The second kappa shape index (κ2) is 8.84. The number of hydrogen-bond acceptors (Lipinski definition) is 3. The van der Waals surface area contributed by atoms with E-state index >= 15 is 0 Å². The molecule has 0 bridgehead atoms. The molecule has 0 radical (unpaired) electrons. The van der Waals surface area contributed by atoms with Crippen LogP contribution >= 0.6 is 0 Å². The fraction of sp³-hybridized carbons (Fsp3) is 0.250. The number of urea groups is 1. The highest BCUT2D eigenvalue weighted by Gasteiger charge is 2.21. The van der Waals surface area contributed by atoms with E-state index in [1.54, 1.807) is 17.0 Å². The number of para-hydroxylation sites is 1. The molecule has 1 heterocycles. The van der Waals surface area contributed by atoms with Crippen LogP contribution < -0.4 is 20.9 Å². The third-order valence-corrected chi connectivity index (χ3v) is 4.25. The third-order valence-electron chi connectivity index (χ3n) is 4.25. The van der Waals surface area contributed by atoms with E-state index in [1.165, 1.54) is 0 Å². The first-order chi connectivity index (χ1) is 13.1. The number of hydrogen-bond donors (Lipinski definition) is 3. The Hall–Kier alpha value is -3.35. The summed E-state index contributed by atoms with van der Waals surface area (Å²) in [6.07, 6.45) is 1.49. The Labute approximate surface area is 157 Å². The minimum Gasteiger partial charge on any atom is -0.350 e. The molecule has 1 saturated heterocycles. The molecule has 140 valence electrons. The predicted molar refractivity (Wildman–Crippen MR) is 103 cm³/mol. The summed E-state index contributed by atoms with van der Waals surface area (Å²) in [4.78, 5) is 37.2. The Bertz CT molecular complexity index is 806. The molecule has 0 spiro atoms. The monoisotopic (exact) mass is 366 g/mol. The van der Waals surface area contributed by atoms with E-state index in [0.29, 0.717) is 18.7 Å². The van der Waals surface area contributed by atoms with Gasteiger partial charge in [0.1, 0.15) is 0 Å². The van der Waals surface area contributed by atoms with Crippen molar-refractivity contribution in [3.05, 3.63) is 60.2 Å². The van der Waals surface area contributed by atoms with Crippen LogP contribution in [0.15, 0.2) is 54.6 Å². The van der Waals surface area contributed by atoms with E-state index in [0.717, 1.165) is 24.2 Å². The number of rotatable bonds is 6. The van der Waals surface area contributed by atoms with Crippen molar-refractivity contribution in [2.24, 2.45) is 0 Å². The first-order valence-electron chi connectivity index (χ1n) is 8.88. The number of nitrogens with one attached hydrogen (secondary N) is 3. The number of benzene rings is 2. The molecule has 7 heteroatoms. The van der Waals surface area contributed by atoms with E-state index in [9.17, 15) is 14.4 Å². The summed E-state index contributed by atoms with van der Waals surface area (Å²) in [6, 6.07) is 16.1. The van der Waals surface area contributed by atoms with Gasteiger partial charge < -0.3 is 20.9 Å². The molecule has 0 unspecified atom stereocenters. The number of carbonyl (C=O) groups is 3. The Morgan fingerprint density at radius 1 is 0.963 bits per heavy atom. The molecule has 27 heavy (non-hydrogen) atoms. The molecule has 3 N–H and O–H groups in total. The van der Waals surface area contributed by atoms with Gasteiger partial charge in [-0.15, -0.1) is 0 Å². The van der Waals surface area contributed by atoms with Gasteiger partial charge in [0, 0.05) is 30.9 Å². The van der Waals surface area contributed by atoms with E-state index in [-0.39, 0.29) is 18.4 Å². The highest BCUT2D eigenvalue weighted by molar-refractivity contribution is 5.95. The fourth-order valence-corrected chi connectivity index (χ4v) is 2.84. The number of carbonyl (C=O) groups excluding carboxylic acids is 3. The molecular weight excluding hydrogens is 344 g/mol. The summed E-state index contributed by atoms with van der Waals surface area (Å²) >= 11 is 0. The van der Waals surface area contributed by atoms with Gasteiger partial charge in [0.25, 0.3) is 0 Å². The summed E-state index contributed by atoms with van der Waals surface area (Å²) in [7, 11) is 0. The van der Waals surface area contributed by atoms with Gasteiger partial charge in [0.05, 0.1) is 6.54 Å². The molecule has 1 aliphatic heterocycles. The zero-order valence-electron chi connectivity index (χ0n) is 14.9. The van der Waals surface area contributed by atoms with Gasteiger partial charge in [-0.25, -0.2) is 4.79 Å². The first kappa shape index (κ1) is 18.4. The molecule has 0 atom stereocenters. The molecule has 1 fully saturated rings. The predicted octanol–water partition coefficient (Wildman–Crippen LogP) is 2.25. The maximum Gasteiger partial charge on any atom is 0.319 e. The average Bonchev–Trinajstić information content (AvgIpc) is 3.12. The number of amides is 4. The quantitative estimate of drug-likeness (QED) is 0.732. The van der Waals surface area contributed by atoms with Gasteiger partial charge >= 0.3 is 6.03 Å². The van der Waals surface area contributed by atoms with Crippen molar-refractivity contribution < 1.29 is 14.4 Å². The summed E-state index contributed by atoms with van der Waals surface area (Å²) in [6.45, 7) is 1.000. The van der Waals surface area contributed by atoms with Crippen LogP contribution in [0.2, 0.25) is 0 Å². The summed E-state index contributed by atoms with van der Waals surface area (Å²) in [5, 5.41) is 7.91. The van der Waals surface area contributed by atoms with Crippen molar-refractivity contribution in [1.29, 1.82) is 0 Å². The lowest BCUT2D eigenvalue weighted by Gasteiger charge is -2.16. The highest BCUT2D eigenvalue weighted by Crippen LogP contribution is 2.21. The van der Waals surface area contributed by atoms with Crippen molar-refractivity contribution >= 4 is 29.2 Å². The second-order valence-electron chi connectivity index (χ2n) is 6.27. The van der Waals surface area contributed by atoms with Crippen molar-refractivity contribution in [3.8, 4) is 0 Å². The largest absolute Gasteiger partial charge is 0.350 e. The normalized spacial score (nSPS) is 13.3. The van der Waals surface area contributed by atoms with E-state index < -0.39 is 6.03 Å². The highest BCUT2D eigenvalue weighted by atomic mass is 16.2. The zero-order chi connectivity index (χ0) is 19.1. The summed E-state index contributed by atoms with van der Waals surface area (Å²) < 4.78 is 0.